The van der Waals surface area contributed by atoms with Crippen LogP contribution in [0.4, 0.5) is 11.4 Å². The van der Waals surface area contributed by atoms with E-state index in [1.165, 1.54) is 18.5 Å². The van der Waals surface area contributed by atoms with E-state index in [1.807, 2.05) is 23.1 Å². The van der Waals surface area contributed by atoms with Gasteiger partial charge in [-0.3, -0.25) is 0 Å². The Hall–Kier alpha value is -1.97. The Bertz CT molecular complexity index is 608. The molecule has 0 N–H and O–H groups in total. The maximum Gasteiger partial charge on any atom is 0.0919 e. The zero-order valence-electron chi connectivity index (χ0n) is 12.3. The van der Waals surface area contributed by atoms with Crippen molar-refractivity contribution in [2.24, 2.45) is 0 Å². The molecule has 0 amide bonds. The number of nitrogens with zero attached hydrogens (tertiary/aromatic N) is 4. The zero-order valence-corrected chi connectivity index (χ0v) is 12.3. The van der Waals surface area contributed by atoms with Gasteiger partial charge in [0, 0.05) is 31.0 Å². The molecule has 2 aromatic rings. The predicted octanol–water partition coefficient (Wildman–Crippen LogP) is 3.29. The first-order valence-corrected chi connectivity index (χ1v) is 7.34. The van der Waals surface area contributed by atoms with E-state index in [2.05, 4.69) is 47.5 Å². The van der Waals surface area contributed by atoms with Gasteiger partial charge in [-0.2, -0.15) is 5.10 Å². The lowest BCUT2D eigenvalue weighted by Gasteiger charge is -2.24. The summed E-state index contributed by atoms with van der Waals surface area (Å²) in [7, 11) is 0. The monoisotopic (exact) mass is 270 g/mol. The summed E-state index contributed by atoms with van der Waals surface area (Å²) in [6, 6.07) is 4.77. The Labute approximate surface area is 120 Å². The molecule has 2 aromatic heterocycles. The van der Waals surface area contributed by atoms with Gasteiger partial charge in [0.2, 0.25) is 0 Å². The van der Waals surface area contributed by atoms with E-state index in [0.29, 0.717) is 6.04 Å². The normalized spacial score (nSPS) is 15.2. The number of pyridine rings is 1. The number of aromatic nitrogens is 2. The number of hydrogen-bond donors (Lipinski definition) is 0. The molecular weight excluding hydrogens is 248 g/mol. The summed E-state index contributed by atoms with van der Waals surface area (Å²) in [5.74, 6) is 0. The zero-order chi connectivity index (χ0) is 14.1. The van der Waals surface area contributed by atoms with E-state index in [4.69, 9.17) is 0 Å². The number of fused-ring (bicyclic) bond motifs is 1. The van der Waals surface area contributed by atoms with Gasteiger partial charge in [-0.05, 0) is 45.0 Å². The van der Waals surface area contributed by atoms with E-state index in [-0.39, 0.29) is 0 Å². The fraction of sp³-hybridized carbons (Fsp3) is 0.438. The number of hydrogen-bond acceptors (Lipinski definition) is 3. The Morgan fingerprint density at radius 3 is 2.75 bits per heavy atom. The van der Waals surface area contributed by atoms with Crippen LogP contribution < -0.4 is 9.80 Å². The van der Waals surface area contributed by atoms with Crippen molar-refractivity contribution in [3.8, 4) is 0 Å². The standard InChI is InChI=1S/C16H22N4/c1-4-19(13(2)3)16-12-17-20-10-7-14(11-15(16)20)18-8-5-6-9-18/h4,7,10-13H,1,5-6,8-9H2,2-3H3. The minimum absolute atomic E-state index is 0.371. The van der Waals surface area contributed by atoms with Crippen molar-refractivity contribution < 1.29 is 0 Å². The molecule has 1 aliphatic heterocycles. The first-order valence-electron chi connectivity index (χ1n) is 7.34. The van der Waals surface area contributed by atoms with Crippen LogP contribution >= 0.6 is 0 Å². The fourth-order valence-corrected chi connectivity index (χ4v) is 2.91. The molecule has 3 heterocycles. The van der Waals surface area contributed by atoms with Crippen LogP contribution in [0.15, 0.2) is 37.3 Å². The molecule has 0 aliphatic carbocycles. The summed E-state index contributed by atoms with van der Waals surface area (Å²) >= 11 is 0. The minimum atomic E-state index is 0.371. The molecule has 4 heteroatoms. The van der Waals surface area contributed by atoms with Crippen molar-refractivity contribution in [1.29, 1.82) is 0 Å². The molecule has 0 unspecified atom stereocenters. The molecule has 0 saturated carbocycles. The van der Waals surface area contributed by atoms with Crippen molar-refractivity contribution in [2.45, 2.75) is 32.7 Å². The van der Waals surface area contributed by atoms with Gasteiger partial charge in [-0.1, -0.05) is 6.58 Å². The van der Waals surface area contributed by atoms with Gasteiger partial charge in [0.1, 0.15) is 0 Å². The van der Waals surface area contributed by atoms with Crippen LogP contribution in [0.3, 0.4) is 0 Å². The van der Waals surface area contributed by atoms with Crippen LogP contribution in [0.1, 0.15) is 26.7 Å². The molecule has 106 valence electrons. The van der Waals surface area contributed by atoms with Crippen molar-refractivity contribution in [3.05, 3.63) is 37.3 Å². The SMILES string of the molecule is C=CN(c1cnn2ccc(N3CCCC3)cc12)C(C)C. The predicted molar refractivity (Wildman–Crippen MR) is 84.5 cm³/mol. The van der Waals surface area contributed by atoms with Crippen molar-refractivity contribution in [1.82, 2.24) is 9.61 Å². The quantitative estimate of drug-likeness (QED) is 0.852. The van der Waals surface area contributed by atoms with E-state index in [9.17, 15) is 0 Å². The third kappa shape index (κ3) is 2.15. The smallest absolute Gasteiger partial charge is 0.0919 e. The lowest BCUT2D eigenvalue weighted by molar-refractivity contribution is 0.786. The van der Waals surface area contributed by atoms with E-state index >= 15 is 0 Å². The highest BCUT2D eigenvalue weighted by Gasteiger charge is 2.16. The highest BCUT2D eigenvalue weighted by atomic mass is 15.3. The second kappa shape index (κ2) is 5.19. The van der Waals surface area contributed by atoms with Gasteiger partial charge in [0.25, 0.3) is 0 Å². The maximum atomic E-state index is 4.45. The van der Waals surface area contributed by atoms with Crippen LogP contribution in [0.5, 0.6) is 0 Å². The molecule has 1 fully saturated rings. The Balaban J connectivity index is 2.05. The van der Waals surface area contributed by atoms with Crippen LogP contribution in [-0.2, 0) is 0 Å². The molecule has 0 aromatic carbocycles. The molecular formula is C16H22N4. The van der Waals surface area contributed by atoms with Crippen LogP contribution in [0.2, 0.25) is 0 Å². The number of anilines is 2. The summed E-state index contributed by atoms with van der Waals surface area (Å²) in [6.07, 6.45) is 8.44. The van der Waals surface area contributed by atoms with Crippen molar-refractivity contribution in [2.75, 3.05) is 22.9 Å². The van der Waals surface area contributed by atoms with E-state index in [1.54, 1.807) is 0 Å². The second-order valence-corrected chi connectivity index (χ2v) is 5.62. The Kier molecular flexibility index (Phi) is 3.38. The fourth-order valence-electron chi connectivity index (χ4n) is 2.91. The molecule has 1 aliphatic rings. The van der Waals surface area contributed by atoms with Crippen LogP contribution in [0, 0.1) is 0 Å². The van der Waals surface area contributed by atoms with Gasteiger partial charge in [0.05, 0.1) is 17.4 Å². The first-order chi connectivity index (χ1) is 9.70. The highest BCUT2D eigenvalue weighted by molar-refractivity contribution is 5.77. The molecule has 0 atom stereocenters. The summed E-state index contributed by atoms with van der Waals surface area (Å²) in [6.45, 7) is 10.6. The Morgan fingerprint density at radius 2 is 2.10 bits per heavy atom. The Morgan fingerprint density at radius 1 is 1.35 bits per heavy atom. The van der Waals surface area contributed by atoms with Gasteiger partial charge < -0.3 is 9.80 Å². The molecule has 3 rings (SSSR count). The maximum absolute atomic E-state index is 4.45. The average molecular weight is 270 g/mol. The van der Waals surface area contributed by atoms with Crippen molar-refractivity contribution >= 4 is 16.9 Å². The van der Waals surface area contributed by atoms with Gasteiger partial charge in [-0.25, -0.2) is 4.52 Å². The molecule has 0 bridgehead atoms. The van der Waals surface area contributed by atoms with Crippen LogP contribution in [0.25, 0.3) is 5.52 Å². The average Bonchev–Trinajstić information content (AvgIpc) is 3.08. The topological polar surface area (TPSA) is 23.8 Å². The minimum Gasteiger partial charge on any atom is -0.371 e. The third-order valence-electron chi connectivity index (χ3n) is 3.99. The largest absolute Gasteiger partial charge is 0.371 e. The van der Waals surface area contributed by atoms with Gasteiger partial charge >= 0.3 is 0 Å². The summed E-state index contributed by atoms with van der Waals surface area (Å²) in [5, 5.41) is 4.45. The highest BCUT2D eigenvalue weighted by Crippen LogP contribution is 2.28. The lowest BCUT2D eigenvalue weighted by atomic mass is 10.2. The molecule has 0 spiro atoms. The molecule has 4 nitrogen and oxygen atoms in total. The molecule has 20 heavy (non-hydrogen) atoms. The molecule has 1 saturated heterocycles. The van der Waals surface area contributed by atoms with E-state index in [0.717, 1.165) is 24.3 Å². The van der Waals surface area contributed by atoms with Crippen LogP contribution in [-0.4, -0.2) is 28.7 Å². The molecule has 0 radical (unpaired) electrons. The summed E-state index contributed by atoms with van der Waals surface area (Å²) in [4.78, 5) is 4.61. The summed E-state index contributed by atoms with van der Waals surface area (Å²) in [5.41, 5.74) is 3.56. The first kappa shape index (κ1) is 13.0. The lowest BCUT2D eigenvalue weighted by Crippen LogP contribution is -2.24. The second-order valence-electron chi connectivity index (χ2n) is 5.62. The number of rotatable bonds is 4. The van der Waals surface area contributed by atoms with Gasteiger partial charge in [0.15, 0.2) is 0 Å². The van der Waals surface area contributed by atoms with Gasteiger partial charge in [-0.15, -0.1) is 0 Å². The summed E-state index contributed by atoms with van der Waals surface area (Å²) < 4.78 is 1.94. The van der Waals surface area contributed by atoms with E-state index < -0.39 is 0 Å². The third-order valence-corrected chi connectivity index (χ3v) is 3.99. The van der Waals surface area contributed by atoms with Crippen molar-refractivity contribution in [3.63, 3.8) is 0 Å².